The molecule has 72 valence electrons. The summed E-state index contributed by atoms with van der Waals surface area (Å²) in [7, 11) is 0. The maximum absolute atomic E-state index is 11.9. The lowest BCUT2D eigenvalue weighted by Gasteiger charge is -2.04. The van der Waals surface area contributed by atoms with Gasteiger partial charge in [0, 0.05) is 0 Å². The number of alkyl halides is 1. The quantitative estimate of drug-likeness (QED) is 0.537. The van der Waals surface area contributed by atoms with Crippen LogP contribution in [0.3, 0.4) is 0 Å². The maximum Gasteiger partial charge on any atom is 0.434 e. The molecule has 0 amide bonds. The van der Waals surface area contributed by atoms with E-state index >= 15 is 0 Å². The number of nitrogens with zero attached hydrogens (tertiary/aromatic N) is 3. The molecule has 13 heavy (non-hydrogen) atoms. The van der Waals surface area contributed by atoms with E-state index in [1.807, 2.05) is 0 Å². The molecule has 0 saturated heterocycles. The second kappa shape index (κ2) is 3.94. The van der Waals surface area contributed by atoms with Crippen molar-refractivity contribution in [2.45, 2.75) is 12.6 Å². The molecule has 0 saturated carbocycles. The molecule has 0 aromatic carbocycles. The van der Waals surface area contributed by atoms with E-state index in [4.69, 9.17) is 5.11 Å². The minimum absolute atomic E-state index is 0.160. The first kappa shape index (κ1) is 9.59. The molecule has 0 aliphatic carbocycles. The zero-order valence-corrected chi connectivity index (χ0v) is 6.63. The first-order chi connectivity index (χ1) is 6.15. The van der Waals surface area contributed by atoms with Crippen LogP contribution in [0.2, 0.25) is 0 Å². The lowest BCUT2D eigenvalue weighted by atomic mass is 10.4. The summed E-state index contributed by atoms with van der Waals surface area (Å²) < 4.78 is 12.9. The average molecular weight is 188 g/mol. The number of aliphatic hydroxyl groups excluding tert-OH is 1. The predicted octanol–water partition coefficient (Wildman–Crippen LogP) is 0.122. The Morgan fingerprint density at radius 2 is 2.54 bits per heavy atom. The van der Waals surface area contributed by atoms with Crippen LogP contribution in [0.25, 0.3) is 0 Å². The van der Waals surface area contributed by atoms with Crippen LogP contribution < -0.4 is 0 Å². The molecule has 0 spiro atoms. The highest BCUT2D eigenvalue weighted by molar-refractivity contribution is 5.06. The molecule has 1 aromatic heterocycles. The highest BCUT2D eigenvalue weighted by atomic mass is 18.2. The standard InChI is InChI=1S/C6H8FN3O3/c7-3-5(11)4-9-2-1-8-6(9)10(12)13/h1-2,5,11H,3-4H2/t5-/m0/s1/i7-1. The van der Waals surface area contributed by atoms with Gasteiger partial charge in [-0.2, -0.15) is 0 Å². The second-order valence-electron chi connectivity index (χ2n) is 2.44. The van der Waals surface area contributed by atoms with Gasteiger partial charge in [0.25, 0.3) is 0 Å². The summed E-state index contributed by atoms with van der Waals surface area (Å²) >= 11 is 0. The minimum Gasteiger partial charge on any atom is -0.390 e. The molecule has 1 aromatic rings. The van der Waals surface area contributed by atoms with E-state index in [1.54, 1.807) is 0 Å². The van der Waals surface area contributed by atoms with Crippen molar-refractivity contribution in [1.29, 1.82) is 0 Å². The molecule has 1 N–H and O–H groups in total. The number of hydrogen-bond donors (Lipinski definition) is 1. The van der Waals surface area contributed by atoms with E-state index in [9.17, 15) is 14.5 Å². The lowest BCUT2D eigenvalue weighted by molar-refractivity contribution is -0.397. The van der Waals surface area contributed by atoms with Crippen molar-refractivity contribution in [1.82, 2.24) is 9.55 Å². The predicted molar refractivity (Wildman–Crippen MR) is 40.9 cm³/mol. The van der Waals surface area contributed by atoms with E-state index in [-0.39, 0.29) is 6.54 Å². The molecule has 1 atom stereocenters. The third kappa shape index (κ3) is 2.22. The first-order valence-electron chi connectivity index (χ1n) is 3.54. The molecular weight excluding hydrogens is 180 g/mol. The van der Waals surface area contributed by atoms with Gasteiger partial charge in [0.1, 0.15) is 31.7 Å². The molecule has 0 fully saturated rings. The Morgan fingerprint density at radius 1 is 1.85 bits per heavy atom. The van der Waals surface area contributed by atoms with Gasteiger partial charge in [-0.25, -0.2) is 8.96 Å². The van der Waals surface area contributed by atoms with Crippen molar-refractivity contribution in [2.24, 2.45) is 0 Å². The molecule has 0 radical (unpaired) electrons. The summed E-state index contributed by atoms with van der Waals surface area (Å²) in [4.78, 5) is 13.0. The molecule has 6 nitrogen and oxygen atoms in total. The van der Waals surface area contributed by atoms with Gasteiger partial charge >= 0.3 is 5.95 Å². The largest absolute Gasteiger partial charge is 0.434 e. The molecule has 0 bridgehead atoms. The van der Waals surface area contributed by atoms with Crippen LogP contribution in [0.15, 0.2) is 12.4 Å². The molecular formula is C6H8FN3O3. The Bertz CT molecular complexity index is 301. The zero-order chi connectivity index (χ0) is 9.84. The first-order valence-corrected chi connectivity index (χ1v) is 3.54. The average Bonchev–Trinajstić information content (AvgIpc) is 2.52. The normalized spacial score (nSPS) is 12.8. The molecule has 0 aliphatic rings. The third-order valence-corrected chi connectivity index (χ3v) is 1.44. The molecule has 0 aliphatic heterocycles. The van der Waals surface area contributed by atoms with Gasteiger partial charge in [-0.05, 0) is 4.92 Å². The summed E-state index contributed by atoms with van der Waals surface area (Å²) in [5, 5.41) is 19.2. The van der Waals surface area contributed by atoms with Gasteiger partial charge in [-0.1, -0.05) is 4.98 Å². The lowest BCUT2D eigenvalue weighted by Crippen LogP contribution is -2.18. The summed E-state index contributed by atoms with van der Waals surface area (Å²) in [5.74, 6) is -0.396. The molecule has 1 heterocycles. The fourth-order valence-corrected chi connectivity index (χ4v) is 0.892. The zero-order valence-electron chi connectivity index (χ0n) is 6.63. The number of halogens is 1. The van der Waals surface area contributed by atoms with Crippen LogP contribution in [0, 0.1) is 10.1 Å². The van der Waals surface area contributed by atoms with Gasteiger partial charge in [-0.15, -0.1) is 0 Å². The van der Waals surface area contributed by atoms with Crippen LogP contribution >= 0.6 is 0 Å². The van der Waals surface area contributed by atoms with Crippen LogP contribution in [0.1, 0.15) is 0 Å². The highest BCUT2D eigenvalue weighted by Gasteiger charge is 2.16. The van der Waals surface area contributed by atoms with Gasteiger partial charge in [0.05, 0.1) is 0 Å². The number of aromatic nitrogens is 2. The molecule has 0 unspecified atom stereocenters. The minimum atomic E-state index is -1.23. The summed E-state index contributed by atoms with van der Waals surface area (Å²) in [6.07, 6.45) is 1.31. The van der Waals surface area contributed by atoms with E-state index in [0.29, 0.717) is 0 Å². The maximum atomic E-state index is 11.9. The van der Waals surface area contributed by atoms with Gasteiger partial charge < -0.3 is 15.2 Å². The fraction of sp³-hybridized carbons (Fsp3) is 0.500. The number of imidazole rings is 1. The third-order valence-electron chi connectivity index (χ3n) is 1.44. The van der Waals surface area contributed by atoms with Crippen LogP contribution in [-0.2, 0) is 6.54 Å². The summed E-state index contributed by atoms with van der Waals surface area (Å²) in [5.41, 5.74) is 0. The Labute approximate surface area is 72.8 Å². The van der Waals surface area contributed by atoms with Crippen molar-refractivity contribution >= 4 is 5.95 Å². The Hall–Kier alpha value is -1.50. The van der Waals surface area contributed by atoms with Gasteiger partial charge in [0.2, 0.25) is 0 Å². The number of aliphatic hydroxyl groups is 1. The van der Waals surface area contributed by atoms with E-state index in [0.717, 1.165) is 4.57 Å². The fourth-order valence-electron chi connectivity index (χ4n) is 0.892. The van der Waals surface area contributed by atoms with Crippen molar-refractivity contribution in [3.8, 4) is 0 Å². The topological polar surface area (TPSA) is 81.2 Å². The van der Waals surface area contributed by atoms with E-state index in [2.05, 4.69) is 4.98 Å². The van der Waals surface area contributed by atoms with E-state index in [1.165, 1.54) is 12.4 Å². The van der Waals surface area contributed by atoms with Gasteiger partial charge in [0.15, 0.2) is 0 Å². The van der Waals surface area contributed by atoms with Crippen LogP contribution in [0.5, 0.6) is 0 Å². The van der Waals surface area contributed by atoms with Crippen LogP contribution in [0.4, 0.5) is 10.3 Å². The number of nitro groups is 1. The van der Waals surface area contributed by atoms with Crippen molar-refractivity contribution in [2.75, 3.05) is 6.67 Å². The van der Waals surface area contributed by atoms with E-state index < -0.39 is 23.7 Å². The number of rotatable bonds is 4. The summed E-state index contributed by atoms with van der Waals surface area (Å²) in [6.45, 7) is -1.10. The molecule has 7 heteroatoms. The molecule has 1 rings (SSSR count). The SMILES string of the molecule is O=[N+]([O-])c1nccn1C[C@@H](O)C[18F]. The monoisotopic (exact) mass is 188 g/mol. The van der Waals surface area contributed by atoms with Gasteiger partial charge in [-0.3, -0.25) is 0 Å². The second-order valence-corrected chi connectivity index (χ2v) is 2.44. The Kier molecular flexibility index (Phi) is 2.91. The summed E-state index contributed by atoms with van der Waals surface area (Å²) in [6, 6.07) is 0. The Morgan fingerprint density at radius 3 is 3.08 bits per heavy atom. The van der Waals surface area contributed by atoms with Crippen molar-refractivity contribution in [3.63, 3.8) is 0 Å². The van der Waals surface area contributed by atoms with Crippen molar-refractivity contribution in [3.05, 3.63) is 22.5 Å². The number of hydrogen-bond acceptors (Lipinski definition) is 4. The van der Waals surface area contributed by atoms with Crippen molar-refractivity contribution < 1.29 is 14.4 Å². The highest BCUT2D eigenvalue weighted by Crippen LogP contribution is 2.08. The van der Waals surface area contributed by atoms with Crippen LogP contribution in [-0.4, -0.2) is 32.4 Å². The Balaban J connectivity index is 2.76. The smallest absolute Gasteiger partial charge is 0.390 e.